The van der Waals surface area contributed by atoms with Gasteiger partial charge in [0.05, 0.1) is 24.1 Å². The van der Waals surface area contributed by atoms with Gasteiger partial charge in [-0.15, -0.1) is 0 Å². The van der Waals surface area contributed by atoms with Gasteiger partial charge in [0, 0.05) is 35.3 Å². The van der Waals surface area contributed by atoms with Crippen LogP contribution in [-0.2, 0) is 11.3 Å². The topological polar surface area (TPSA) is 83.5 Å². The summed E-state index contributed by atoms with van der Waals surface area (Å²) in [6, 6.07) is 14.1. The Balaban J connectivity index is 1.31. The molecule has 1 saturated heterocycles. The molecule has 0 spiro atoms. The van der Waals surface area contributed by atoms with Gasteiger partial charge in [0.25, 0.3) is 0 Å². The van der Waals surface area contributed by atoms with Gasteiger partial charge in [-0.25, -0.2) is 9.78 Å². The van der Waals surface area contributed by atoms with Crippen molar-refractivity contribution in [3.8, 4) is 11.3 Å². The lowest BCUT2D eigenvalue weighted by atomic mass is 10.1. The lowest BCUT2D eigenvalue weighted by molar-refractivity contribution is 0.0240. The quantitative estimate of drug-likeness (QED) is 0.265. The molecule has 1 fully saturated rings. The van der Waals surface area contributed by atoms with Crippen molar-refractivity contribution in [3.05, 3.63) is 64.2 Å². The van der Waals surface area contributed by atoms with Gasteiger partial charge in [0.1, 0.15) is 5.60 Å². The number of aromatic nitrogens is 1. The largest absolute Gasteiger partial charge is 0.444 e. The molecule has 4 rings (SSSR count). The van der Waals surface area contributed by atoms with E-state index in [2.05, 4.69) is 60.9 Å². The average Bonchev–Trinajstić information content (AvgIpc) is 3.34. The number of oxazole rings is 1. The number of ether oxygens (including phenoxy) is 1. The number of nitrogens with zero attached hydrogens (tertiary/aromatic N) is 5. The monoisotopic (exact) mass is 573 g/mol. The molecule has 1 aliphatic heterocycles. The van der Waals surface area contributed by atoms with Crippen molar-refractivity contribution in [2.75, 3.05) is 31.1 Å². The van der Waals surface area contributed by atoms with Gasteiger partial charge in [0.2, 0.25) is 0 Å². The molecular formula is C25H28IN5O3. The summed E-state index contributed by atoms with van der Waals surface area (Å²) >= 11 is 2.36. The minimum Gasteiger partial charge on any atom is -0.444 e. The van der Waals surface area contributed by atoms with Crippen molar-refractivity contribution in [2.45, 2.75) is 32.9 Å². The lowest BCUT2D eigenvalue weighted by Gasteiger charge is -2.37. The second-order valence-electron chi connectivity index (χ2n) is 9.05. The molecule has 1 aromatic heterocycles. The second-order valence-corrected chi connectivity index (χ2v) is 10.2. The average molecular weight is 573 g/mol. The van der Waals surface area contributed by atoms with Crippen LogP contribution in [-0.4, -0.2) is 47.8 Å². The predicted molar refractivity (Wildman–Crippen MR) is 139 cm³/mol. The molecule has 2 heterocycles. The third kappa shape index (κ3) is 6.34. The SMILES string of the molecule is CC(C)(C)OC(=O)N1CCN(c2ccc(CN=Nc3ccc(-c4cnco4)cc3)cc2I)CC1. The van der Waals surface area contributed by atoms with Gasteiger partial charge < -0.3 is 19.0 Å². The third-order valence-electron chi connectivity index (χ3n) is 5.31. The number of amides is 1. The second kappa shape index (κ2) is 10.5. The molecule has 8 nitrogen and oxygen atoms in total. The summed E-state index contributed by atoms with van der Waals surface area (Å²) in [4.78, 5) is 20.3. The van der Waals surface area contributed by atoms with Crippen LogP contribution < -0.4 is 4.90 Å². The maximum Gasteiger partial charge on any atom is 0.410 e. The summed E-state index contributed by atoms with van der Waals surface area (Å²) in [6.45, 7) is 9.03. The number of hydrogen-bond acceptors (Lipinski definition) is 7. The summed E-state index contributed by atoms with van der Waals surface area (Å²) in [5.74, 6) is 0.726. The van der Waals surface area contributed by atoms with Gasteiger partial charge in [-0.05, 0) is 85.3 Å². The maximum atomic E-state index is 12.3. The van der Waals surface area contributed by atoms with E-state index in [1.807, 2.05) is 45.0 Å². The zero-order valence-corrected chi connectivity index (χ0v) is 21.7. The normalized spacial score (nSPS) is 14.6. The molecule has 0 atom stereocenters. The molecule has 0 bridgehead atoms. The number of halogens is 1. The van der Waals surface area contributed by atoms with Crippen LogP contribution in [0.1, 0.15) is 26.3 Å². The highest BCUT2D eigenvalue weighted by Gasteiger charge is 2.26. The van der Waals surface area contributed by atoms with Crippen LogP contribution in [0, 0.1) is 3.57 Å². The van der Waals surface area contributed by atoms with E-state index >= 15 is 0 Å². The number of benzene rings is 2. The van der Waals surface area contributed by atoms with Crippen molar-refractivity contribution in [2.24, 2.45) is 10.2 Å². The first-order valence-corrected chi connectivity index (χ1v) is 12.2. The standard InChI is InChI=1S/C25H28IN5O3/c1-25(2,3)34-24(32)31-12-10-30(11-13-31)22-9-4-18(14-21(22)26)15-28-29-20-7-5-19(6-8-20)23-16-27-17-33-23/h4-9,14,16-17H,10-13,15H2,1-3H3. The fourth-order valence-electron chi connectivity index (χ4n) is 3.61. The Morgan fingerprint density at radius 3 is 2.47 bits per heavy atom. The fourth-order valence-corrected chi connectivity index (χ4v) is 4.53. The summed E-state index contributed by atoms with van der Waals surface area (Å²) in [6.07, 6.45) is 2.86. The fraction of sp³-hybridized carbons (Fsp3) is 0.360. The number of carbonyl (C=O) groups excluding carboxylic acids is 1. The molecule has 0 saturated carbocycles. The molecule has 9 heteroatoms. The van der Waals surface area contributed by atoms with Gasteiger partial charge in [0.15, 0.2) is 12.2 Å². The molecular weight excluding hydrogens is 545 g/mol. The first-order chi connectivity index (χ1) is 16.3. The molecule has 3 aromatic rings. The Morgan fingerprint density at radius 2 is 1.85 bits per heavy atom. The van der Waals surface area contributed by atoms with E-state index in [0.29, 0.717) is 19.6 Å². The van der Waals surface area contributed by atoms with E-state index < -0.39 is 5.60 Å². The van der Waals surface area contributed by atoms with E-state index in [4.69, 9.17) is 9.15 Å². The molecule has 0 radical (unpaired) electrons. The Kier molecular flexibility index (Phi) is 7.50. The van der Waals surface area contributed by atoms with E-state index in [1.165, 1.54) is 12.1 Å². The van der Waals surface area contributed by atoms with Crippen molar-refractivity contribution >= 4 is 40.1 Å². The third-order valence-corrected chi connectivity index (χ3v) is 6.17. The minimum atomic E-state index is -0.474. The van der Waals surface area contributed by atoms with Crippen LogP contribution in [0.4, 0.5) is 16.2 Å². The van der Waals surface area contributed by atoms with E-state index in [9.17, 15) is 4.79 Å². The van der Waals surface area contributed by atoms with Crippen LogP contribution in [0.15, 0.2) is 69.7 Å². The molecule has 0 N–H and O–H groups in total. The highest BCUT2D eigenvalue weighted by molar-refractivity contribution is 14.1. The van der Waals surface area contributed by atoms with Crippen molar-refractivity contribution in [3.63, 3.8) is 0 Å². The molecule has 0 aliphatic carbocycles. The highest BCUT2D eigenvalue weighted by Crippen LogP contribution is 2.26. The predicted octanol–water partition coefficient (Wildman–Crippen LogP) is 6.29. The van der Waals surface area contributed by atoms with Crippen LogP contribution >= 0.6 is 22.6 Å². The highest BCUT2D eigenvalue weighted by atomic mass is 127. The number of carbonyl (C=O) groups is 1. The Labute approximate surface area is 213 Å². The number of piperazine rings is 1. The van der Waals surface area contributed by atoms with Crippen molar-refractivity contribution in [1.29, 1.82) is 0 Å². The van der Waals surface area contributed by atoms with E-state index in [1.54, 1.807) is 11.1 Å². The van der Waals surface area contributed by atoms with Gasteiger partial charge in [-0.3, -0.25) is 0 Å². The number of rotatable bonds is 5. The van der Waals surface area contributed by atoms with Gasteiger partial charge >= 0.3 is 6.09 Å². The smallest absolute Gasteiger partial charge is 0.410 e. The van der Waals surface area contributed by atoms with E-state index in [-0.39, 0.29) is 6.09 Å². The van der Waals surface area contributed by atoms with Gasteiger partial charge in [-0.1, -0.05) is 6.07 Å². The zero-order chi connectivity index (χ0) is 24.1. The maximum absolute atomic E-state index is 12.3. The Bertz CT molecular complexity index is 1130. The summed E-state index contributed by atoms with van der Waals surface area (Å²) in [5, 5.41) is 8.69. The number of azo groups is 1. The Hall–Kier alpha value is -2.95. The van der Waals surface area contributed by atoms with Crippen LogP contribution in [0.25, 0.3) is 11.3 Å². The van der Waals surface area contributed by atoms with Crippen molar-refractivity contribution in [1.82, 2.24) is 9.88 Å². The van der Waals surface area contributed by atoms with E-state index in [0.717, 1.165) is 39.2 Å². The Morgan fingerprint density at radius 1 is 1.12 bits per heavy atom. The first-order valence-electron chi connectivity index (χ1n) is 11.2. The number of hydrogen-bond donors (Lipinski definition) is 0. The molecule has 2 aromatic carbocycles. The van der Waals surface area contributed by atoms with Crippen LogP contribution in [0.5, 0.6) is 0 Å². The van der Waals surface area contributed by atoms with Crippen LogP contribution in [0.3, 0.4) is 0 Å². The molecule has 178 valence electrons. The lowest BCUT2D eigenvalue weighted by Crippen LogP contribution is -2.50. The molecule has 34 heavy (non-hydrogen) atoms. The zero-order valence-electron chi connectivity index (χ0n) is 19.6. The van der Waals surface area contributed by atoms with Crippen molar-refractivity contribution < 1.29 is 13.9 Å². The summed E-state index contributed by atoms with van der Waals surface area (Å²) < 4.78 is 12.0. The summed E-state index contributed by atoms with van der Waals surface area (Å²) in [7, 11) is 0. The minimum absolute atomic E-state index is 0.241. The first kappa shape index (κ1) is 24.2. The van der Waals surface area contributed by atoms with Crippen LogP contribution in [0.2, 0.25) is 0 Å². The molecule has 1 aliphatic rings. The summed E-state index contributed by atoms with van der Waals surface area (Å²) in [5.41, 5.74) is 3.54. The van der Waals surface area contributed by atoms with Gasteiger partial charge in [-0.2, -0.15) is 10.2 Å². The molecule has 1 amide bonds. The molecule has 0 unspecified atom stereocenters. The number of anilines is 1.